The van der Waals surface area contributed by atoms with E-state index in [1.807, 2.05) is 6.07 Å². The zero-order valence-corrected chi connectivity index (χ0v) is 15.1. The van der Waals surface area contributed by atoms with Gasteiger partial charge >= 0.3 is 0 Å². The van der Waals surface area contributed by atoms with Crippen molar-refractivity contribution in [2.75, 3.05) is 20.0 Å². The molecule has 1 aliphatic carbocycles. The minimum absolute atomic E-state index is 0.152. The highest BCUT2D eigenvalue weighted by atomic mass is 32.2. The molecule has 0 radical (unpaired) electrons. The van der Waals surface area contributed by atoms with Gasteiger partial charge in [0.05, 0.1) is 7.11 Å². The van der Waals surface area contributed by atoms with E-state index in [-0.39, 0.29) is 6.61 Å². The van der Waals surface area contributed by atoms with E-state index in [0.29, 0.717) is 6.42 Å². The number of rotatable bonds is 5. The molecule has 3 heteroatoms. The van der Waals surface area contributed by atoms with Crippen LogP contribution < -0.4 is 4.74 Å². The van der Waals surface area contributed by atoms with E-state index in [1.165, 1.54) is 38.3 Å². The number of benzene rings is 2. The van der Waals surface area contributed by atoms with Crippen LogP contribution in [-0.4, -0.2) is 25.1 Å². The molecule has 2 aromatic rings. The lowest BCUT2D eigenvalue weighted by molar-refractivity contribution is 0.305. The van der Waals surface area contributed by atoms with Crippen molar-refractivity contribution >= 4 is 29.0 Å². The van der Waals surface area contributed by atoms with E-state index in [2.05, 4.69) is 55.7 Å². The summed E-state index contributed by atoms with van der Waals surface area (Å²) in [5, 5.41) is 9.44. The molecule has 0 saturated heterocycles. The van der Waals surface area contributed by atoms with Crippen molar-refractivity contribution in [3.8, 4) is 5.75 Å². The fourth-order valence-electron chi connectivity index (χ4n) is 3.19. The molecule has 0 bridgehead atoms. The molecule has 0 saturated carbocycles. The molecule has 1 N–H and O–H groups in total. The number of fused-ring (bicyclic) bond motifs is 1. The summed E-state index contributed by atoms with van der Waals surface area (Å²) in [6.45, 7) is 2.29. The van der Waals surface area contributed by atoms with Gasteiger partial charge in [-0.1, -0.05) is 18.2 Å². The van der Waals surface area contributed by atoms with Gasteiger partial charge in [0.15, 0.2) is 0 Å². The molecule has 0 aromatic heterocycles. The van der Waals surface area contributed by atoms with Gasteiger partial charge in [-0.25, -0.2) is 0 Å². The van der Waals surface area contributed by atoms with E-state index in [0.717, 1.165) is 5.75 Å². The predicted octanol–water partition coefficient (Wildman–Crippen LogP) is 5.13. The number of methoxy groups -OCH3 is 1. The third-order valence-electron chi connectivity index (χ3n) is 4.49. The van der Waals surface area contributed by atoms with Gasteiger partial charge in [-0.3, -0.25) is 0 Å². The van der Waals surface area contributed by atoms with E-state index in [9.17, 15) is 5.11 Å². The number of allylic oxidation sites excluding steroid dienone is 2. The lowest BCUT2D eigenvalue weighted by Gasteiger charge is -2.07. The molecule has 2 aromatic carbocycles. The Labute approximate surface area is 147 Å². The number of hydrogen-bond donors (Lipinski definition) is 1. The molecule has 0 atom stereocenters. The van der Waals surface area contributed by atoms with Crippen LogP contribution in [0.15, 0.2) is 52.9 Å². The van der Waals surface area contributed by atoms with Gasteiger partial charge in [-0.15, -0.1) is 11.8 Å². The first-order valence-electron chi connectivity index (χ1n) is 8.03. The fraction of sp³-hybridized carbons (Fsp3) is 0.238. The normalized spacial score (nSPS) is 15.1. The lowest BCUT2D eigenvalue weighted by atomic mass is 10.0. The van der Waals surface area contributed by atoms with Crippen LogP contribution in [0.2, 0.25) is 0 Å². The molecular formula is C21H22O2S. The van der Waals surface area contributed by atoms with Crippen LogP contribution in [0.1, 0.15) is 30.0 Å². The molecule has 1 aliphatic rings. The van der Waals surface area contributed by atoms with Gasteiger partial charge in [0, 0.05) is 11.5 Å². The van der Waals surface area contributed by atoms with Crippen LogP contribution in [0, 0.1) is 0 Å². The number of hydrogen-bond acceptors (Lipinski definition) is 3. The Hall–Kier alpha value is -1.97. The quantitative estimate of drug-likeness (QED) is 0.767. The standard InChI is InChI=1S/C21H22O2S/c1-14-18(10-11-22)21-13-16(23-2)6-9-19(21)20(14)12-15-4-7-17(24-3)8-5-15/h4-9,12-13,22H,10-11H2,1-3H3. The van der Waals surface area contributed by atoms with Gasteiger partial charge < -0.3 is 9.84 Å². The van der Waals surface area contributed by atoms with Crippen molar-refractivity contribution < 1.29 is 9.84 Å². The van der Waals surface area contributed by atoms with Crippen molar-refractivity contribution in [3.63, 3.8) is 0 Å². The van der Waals surface area contributed by atoms with Crippen molar-refractivity contribution in [1.29, 1.82) is 0 Å². The summed E-state index contributed by atoms with van der Waals surface area (Å²) in [6, 6.07) is 14.8. The van der Waals surface area contributed by atoms with Crippen LogP contribution in [0.4, 0.5) is 0 Å². The molecule has 2 nitrogen and oxygen atoms in total. The minimum atomic E-state index is 0.152. The van der Waals surface area contributed by atoms with Crippen LogP contribution in [0.3, 0.4) is 0 Å². The second kappa shape index (κ2) is 7.29. The van der Waals surface area contributed by atoms with Crippen molar-refractivity contribution in [2.24, 2.45) is 0 Å². The fourth-order valence-corrected chi connectivity index (χ4v) is 3.60. The van der Waals surface area contributed by atoms with Crippen LogP contribution in [0.5, 0.6) is 5.75 Å². The monoisotopic (exact) mass is 338 g/mol. The molecule has 24 heavy (non-hydrogen) atoms. The van der Waals surface area contributed by atoms with Gasteiger partial charge in [-0.05, 0) is 83.4 Å². The summed E-state index contributed by atoms with van der Waals surface area (Å²) in [5.41, 5.74) is 7.25. The highest BCUT2D eigenvalue weighted by molar-refractivity contribution is 7.98. The number of ether oxygens (including phenoxy) is 1. The third-order valence-corrected chi connectivity index (χ3v) is 5.23. The van der Waals surface area contributed by atoms with Gasteiger partial charge in [0.25, 0.3) is 0 Å². The minimum Gasteiger partial charge on any atom is -0.497 e. The topological polar surface area (TPSA) is 29.5 Å². The lowest BCUT2D eigenvalue weighted by Crippen LogP contribution is -1.90. The van der Waals surface area contributed by atoms with E-state index >= 15 is 0 Å². The summed E-state index contributed by atoms with van der Waals surface area (Å²) in [4.78, 5) is 1.27. The first-order chi connectivity index (χ1) is 11.7. The Balaban J connectivity index is 2.09. The maximum atomic E-state index is 9.44. The number of aliphatic hydroxyl groups is 1. The Morgan fingerprint density at radius 1 is 1.08 bits per heavy atom. The van der Waals surface area contributed by atoms with Crippen molar-refractivity contribution in [3.05, 3.63) is 64.7 Å². The molecule has 3 rings (SSSR count). The summed E-state index contributed by atoms with van der Waals surface area (Å²) in [6.07, 6.45) is 4.98. The van der Waals surface area contributed by atoms with Gasteiger partial charge in [0.2, 0.25) is 0 Å². The smallest absolute Gasteiger partial charge is 0.119 e. The molecular weight excluding hydrogens is 316 g/mol. The summed E-state index contributed by atoms with van der Waals surface area (Å²) in [7, 11) is 1.68. The highest BCUT2D eigenvalue weighted by Crippen LogP contribution is 2.44. The van der Waals surface area contributed by atoms with E-state index < -0.39 is 0 Å². The number of thioether (sulfide) groups is 1. The summed E-state index contributed by atoms with van der Waals surface area (Å²) >= 11 is 1.75. The van der Waals surface area contributed by atoms with Crippen molar-refractivity contribution in [1.82, 2.24) is 0 Å². The molecule has 0 fully saturated rings. The summed E-state index contributed by atoms with van der Waals surface area (Å²) < 4.78 is 5.37. The van der Waals surface area contributed by atoms with Crippen LogP contribution >= 0.6 is 11.8 Å². The molecule has 0 amide bonds. The second-order valence-corrected chi connectivity index (χ2v) is 6.70. The first-order valence-corrected chi connectivity index (χ1v) is 9.26. The van der Waals surface area contributed by atoms with Crippen LogP contribution in [0.25, 0.3) is 17.2 Å². The number of aliphatic hydroxyl groups excluding tert-OH is 1. The largest absolute Gasteiger partial charge is 0.497 e. The third kappa shape index (κ3) is 3.14. The molecule has 124 valence electrons. The molecule has 0 aliphatic heterocycles. The second-order valence-electron chi connectivity index (χ2n) is 5.82. The van der Waals surface area contributed by atoms with Crippen molar-refractivity contribution in [2.45, 2.75) is 18.2 Å². The zero-order chi connectivity index (χ0) is 17.1. The predicted molar refractivity (Wildman–Crippen MR) is 103 cm³/mol. The molecule has 0 unspecified atom stereocenters. The maximum absolute atomic E-state index is 9.44. The van der Waals surface area contributed by atoms with E-state index in [1.54, 1.807) is 18.9 Å². The Bertz CT molecular complexity index is 801. The zero-order valence-electron chi connectivity index (χ0n) is 14.3. The Kier molecular flexibility index (Phi) is 5.12. The maximum Gasteiger partial charge on any atom is 0.119 e. The van der Waals surface area contributed by atoms with Gasteiger partial charge in [-0.2, -0.15) is 0 Å². The summed E-state index contributed by atoms with van der Waals surface area (Å²) in [5.74, 6) is 0.850. The van der Waals surface area contributed by atoms with E-state index in [4.69, 9.17) is 4.74 Å². The van der Waals surface area contributed by atoms with Gasteiger partial charge in [0.1, 0.15) is 5.75 Å². The molecule has 0 heterocycles. The average molecular weight is 338 g/mol. The molecule has 0 spiro atoms. The highest BCUT2D eigenvalue weighted by Gasteiger charge is 2.23. The Morgan fingerprint density at radius 3 is 2.46 bits per heavy atom. The van der Waals surface area contributed by atoms with Crippen LogP contribution in [-0.2, 0) is 0 Å². The SMILES string of the molecule is COc1ccc2c(c1)C(CCO)=C(C)C2=Cc1ccc(SC)cc1. The average Bonchev–Trinajstić information content (AvgIpc) is 2.88. The Morgan fingerprint density at radius 2 is 1.83 bits per heavy atom. The first kappa shape index (κ1) is 16.9.